The van der Waals surface area contributed by atoms with E-state index in [1.165, 1.54) is 0 Å². The molecule has 1 aliphatic heterocycles. The molecule has 1 saturated heterocycles. The van der Waals surface area contributed by atoms with Crippen LogP contribution in [0.5, 0.6) is 5.75 Å². The lowest BCUT2D eigenvalue weighted by molar-refractivity contribution is -0.131. The highest BCUT2D eigenvalue weighted by molar-refractivity contribution is 5.92. The first kappa shape index (κ1) is 20.7. The largest absolute Gasteiger partial charge is 0.488 e. The van der Waals surface area contributed by atoms with Gasteiger partial charge in [0.2, 0.25) is 11.8 Å². The van der Waals surface area contributed by atoms with E-state index in [0.717, 1.165) is 11.3 Å². The van der Waals surface area contributed by atoms with Crippen LogP contribution in [0.4, 0.5) is 0 Å². The summed E-state index contributed by atoms with van der Waals surface area (Å²) in [5.41, 5.74) is 6.26. The minimum atomic E-state index is -1.19. The van der Waals surface area contributed by atoms with E-state index in [1.807, 2.05) is 45.0 Å². The number of rotatable bonds is 3. The fraction of sp³-hybridized carbons (Fsp3) is 0.526. The molecule has 1 heterocycles. The average molecular weight is 376 g/mol. The molecule has 1 fully saturated rings. The van der Waals surface area contributed by atoms with Crippen molar-refractivity contribution in [2.45, 2.75) is 57.8 Å². The number of benzene rings is 1. The van der Waals surface area contributed by atoms with E-state index >= 15 is 0 Å². The predicted molar refractivity (Wildman–Crippen MR) is 101 cm³/mol. The Morgan fingerprint density at radius 1 is 1.07 bits per heavy atom. The predicted octanol–water partition coefficient (Wildman–Crippen LogP) is 0.202. The Balaban J connectivity index is 2.09. The van der Waals surface area contributed by atoms with Gasteiger partial charge in [-0.15, -0.1) is 0 Å². The Bertz CT molecular complexity index is 682. The van der Waals surface area contributed by atoms with Gasteiger partial charge in [-0.3, -0.25) is 14.4 Å². The van der Waals surface area contributed by atoms with Crippen LogP contribution in [0.3, 0.4) is 0 Å². The first-order valence-corrected chi connectivity index (χ1v) is 9.05. The summed E-state index contributed by atoms with van der Waals surface area (Å²) in [7, 11) is 0. The van der Waals surface area contributed by atoms with Gasteiger partial charge in [0.1, 0.15) is 17.4 Å². The van der Waals surface area contributed by atoms with Crippen LogP contribution in [0.1, 0.15) is 39.2 Å². The van der Waals surface area contributed by atoms with Crippen molar-refractivity contribution in [1.29, 1.82) is 0 Å². The molecule has 0 radical (unpaired) electrons. The highest BCUT2D eigenvalue weighted by atomic mass is 16.5. The van der Waals surface area contributed by atoms with Crippen molar-refractivity contribution in [1.82, 2.24) is 16.0 Å². The minimum absolute atomic E-state index is 0.196. The summed E-state index contributed by atoms with van der Waals surface area (Å²) in [6.07, 6.45) is -0.215. The van der Waals surface area contributed by atoms with Crippen molar-refractivity contribution in [3.63, 3.8) is 0 Å². The Morgan fingerprint density at radius 2 is 1.74 bits per heavy atom. The number of nitrogens with two attached hydrogens (primary N) is 1. The lowest BCUT2D eigenvalue weighted by Gasteiger charge is -2.22. The van der Waals surface area contributed by atoms with Gasteiger partial charge in [0.15, 0.2) is 6.17 Å². The number of hydrogen-bond acceptors (Lipinski definition) is 5. The normalized spacial score (nSPS) is 22.1. The van der Waals surface area contributed by atoms with Gasteiger partial charge in [0, 0.05) is 19.4 Å². The van der Waals surface area contributed by atoms with E-state index in [9.17, 15) is 14.4 Å². The second-order valence-corrected chi connectivity index (χ2v) is 7.56. The SMILES string of the molecule is CC(C)(C)Oc1ccc(CC2NC(=O)[C@H](N)NC(=O)CCCNC2=O)cc1. The summed E-state index contributed by atoms with van der Waals surface area (Å²) < 4.78 is 5.78. The van der Waals surface area contributed by atoms with Gasteiger partial charge in [0.05, 0.1) is 0 Å². The smallest absolute Gasteiger partial charge is 0.258 e. The number of hydrogen-bond donors (Lipinski definition) is 4. The third-order valence-corrected chi connectivity index (χ3v) is 3.90. The molecule has 2 rings (SSSR count). The number of amides is 3. The Hall–Kier alpha value is -2.61. The summed E-state index contributed by atoms with van der Waals surface area (Å²) >= 11 is 0. The molecule has 1 aliphatic rings. The van der Waals surface area contributed by atoms with Crippen molar-refractivity contribution in [2.24, 2.45) is 5.73 Å². The molecule has 0 aromatic heterocycles. The first-order valence-electron chi connectivity index (χ1n) is 9.05. The van der Waals surface area contributed by atoms with Crippen molar-refractivity contribution in [2.75, 3.05) is 6.54 Å². The Morgan fingerprint density at radius 3 is 2.37 bits per heavy atom. The van der Waals surface area contributed by atoms with Crippen molar-refractivity contribution < 1.29 is 19.1 Å². The molecule has 27 heavy (non-hydrogen) atoms. The number of carbonyl (C=O) groups excluding carboxylic acids is 3. The minimum Gasteiger partial charge on any atom is -0.488 e. The third-order valence-electron chi connectivity index (χ3n) is 3.90. The zero-order valence-corrected chi connectivity index (χ0v) is 16.0. The van der Waals surface area contributed by atoms with Crippen LogP contribution >= 0.6 is 0 Å². The summed E-state index contributed by atoms with van der Waals surface area (Å²) in [4.78, 5) is 36.3. The van der Waals surface area contributed by atoms with Gasteiger partial charge in [-0.1, -0.05) is 12.1 Å². The van der Waals surface area contributed by atoms with Crippen LogP contribution in [0.25, 0.3) is 0 Å². The first-order chi connectivity index (χ1) is 12.6. The molecular weight excluding hydrogens is 348 g/mol. The second kappa shape index (κ2) is 8.85. The third kappa shape index (κ3) is 6.90. The van der Waals surface area contributed by atoms with E-state index in [0.29, 0.717) is 19.4 Å². The zero-order valence-electron chi connectivity index (χ0n) is 16.0. The molecule has 1 unspecified atom stereocenters. The topological polar surface area (TPSA) is 123 Å². The molecule has 1 aromatic carbocycles. The maximum Gasteiger partial charge on any atom is 0.258 e. The van der Waals surface area contributed by atoms with E-state index < -0.39 is 18.1 Å². The summed E-state index contributed by atoms with van der Waals surface area (Å²) in [6, 6.07) is 6.59. The van der Waals surface area contributed by atoms with E-state index in [2.05, 4.69) is 16.0 Å². The van der Waals surface area contributed by atoms with Gasteiger partial charge < -0.3 is 26.4 Å². The van der Waals surface area contributed by atoms with Crippen molar-refractivity contribution in [3.05, 3.63) is 29.8 Å². The van der Waals surface area contributed by atoms with E-state index in [4.69, 9.17) is 10.5 Å². The van der Waals surface area contributed by atoms with Crippen molar-refractivity contribution in [3.8, 4) is 5.75 Å². The number of ether oxygens (including phenoxy) is 1. The van der Waals surface area contributed by atoms with E-state index in [1.54, 1.807) is 0 Å². The molecule has 0 bridgehead atoms. The molecule has 3 amide bonds. The molecule has 5 N–H and O–H groups in total. The Kier molecular flexibility index (Phi) is 6.79. The summed E-state index contributed by atoms with van der Waals surface area (Å²) in [6.45, 7) is 6.24. The van der Waals surface area contributed by atoms with Crippen LogP contribution in [0, 0.1) is 0 Å². The molecule has 8 nitrogen and oxygen atoms in total. The lowest BCUT2D eigenvalue weighted by atomic mass is 10.0. The summed E-state index contributed by atoms with van der Waals surface area (Å²) in [5, 5.41) is 7.79. The van der Waals surface area contributed by atoms with Crippen LogP contribution in [0.15, 0.2) is 24.3 Å². The maximum absolute atomic E-state index is 12.4. The van der Waals surface area contributed by atoms with Gasteiger partial charge in [-0.2, -0.15) is 0 Å². The number of carbonyl (C=O) groups is 3. The summed E-state index contributed by atoms with van der Waals surface area (Å²) in [5.74, 6) is -0.496. The van der Waals surface area contributed by atoms with E-state index in [-0.39, 0.29) is 23.8 Å². The van der Waals surface area contributed by atoms with Crippen LogP contribution < -0.4 is 26.4 Å². The van der Waals surface area contributed by atoms with Crippen LogP contribution in [0.2, 0.25) is 0 Å². The average Bonchev–Trinajstić information content (AvgIpc) is 2.59. The molecule has 0 aliphatic carbocycles. The van der Waals surface area contributed by atoms with Gasteiger partial charge >= 0.3 is 0 Å². The highest BCUT2D eigenvalue weighted by Crippen LogP contribution is 2.19. The maximum atomic E-state index is 12.4. The van der Waals surface area contributed by atoms with Gasteiger partial charge in [-0.05, 0) is 44.9 Å². The second-order valence-electron chi connectivity index (χ2n) is 7.56. The quantitative estimate of drug-likeness (QED) is 0.600. The molecule has 0 spiro atoms. The molecule has 8 heteroatoms. The van der Waals surface area contributed by atoms with Crippen molar-refractivity contribution >= 4 is 17.7 Å². The van der Waals surface area contributed by atoms with Crippen LogP contribution in [-0.2, 0) is 20.8 Å². The van der Waals surface area contributed by atoms with Gasteiger partial charge in [-0.25, -0.2) is 0 Å². The highest BCUT2D eigenvalue weighted by Gasteiger charge is 2.25. The molecular formula is C19H28N4O4. The molecule has 1 aromatic rings. The van der Waals surface area contributed by atoms with Gasteiger partial charge in [0.25, 0.3) is 5.91 Å². The standard InChI is InChI=1S/C19H28N4O4/c1-19(2,3)27-13-8-6-12(7-9-13)11-14-17(25)21-10-4-5-15(24)23-16(20)18(26)22-14/h6-9,14,16H,4-5,10-11,20H2,1-3H3,(H,21,25)(H,22,26)(H,23,24)/t14?,16-/m1/s1. The monoisotopic (exact) mass is 376 g/mol. The Labute approximate surface area is 159 Å². The molecule has 0 saturated carbocycles. The van der Waals surface area contributed by atoms with Crippen LogP contribution in [-0.4, -0.2) is 42.1 Å². The molecule has 2 atom stereocenters. The fourth-order valence-electron chi connectivity index (χ4n) is 2.65. The lowest BCUT2D eigenvalue weighted by Crippen LogP contribution is -2.57. The fourth-order valence-corrected chi connectivity index (χ4v) is 2.65. The molecule has 148 valence electrons. The zero-order chi connectivity index (χ0) is 20.0. The number of nitrogens with one attached hydrogen (secondary N) is 3.